The number of carboxylic acids is 1. The largest absolute Gasteiger partial charge is 0.478 e. The van der Waals surface area contributed by atoms with Gasteiger partial charge in [-0.15, -0.1) is 0 Å². The minimum absolute atomic E-state index is 0.221. The molecule has 0 saturated carbocycles. The highest BCUT2D eigenvalue weighted by Crippen LogP contribution is 2.23. The van der Waals surface area contributed by atoms with Gasteiger partial charge in [0.25, 0.3) is 0 Å². The number of furan rings is 1. The van der Waals surface area contributed by atoms with Gasteiger partial charge in [-0.25, -0.2) is 4.79 Å². The molecule has 0 bridgehead atoms. The Morgan fingerprint density at radius 2 is 2.15 bits per heavy atom. The molecule has 5 heteroatoms. The number of hydrogen-bond donors (Lipinski definition) is 1. The summed E-state index contributed by atoms with van der Waals surface area (Å²) >= 11 is 3.44. The van der Waals surface area contributed by atoms with E-state index in [-0.39, 0.29) is 5.56 Å². The van der Waals surface area contributed by atoms with Crippen molar-refractivity contribution in [2.24, 2.45) is 0 Å². The van der Waals surface area contributed by atoms with Gasteiger partial charge in [0.15, 0.2) is 0 Å². The normalized spacial score (nSPS) is 11.1. The van der Waals surface area contributed by atoms with Gasteiger partial charge in [0.2, 0.25) is 0 Å². The van der Waals surface area contributed by atoms with Crippen LogP contribution in [-0.2, 0) is 6.54 Å². The van der Waals surface area contributed by atoms with Gasteiger partial charge in [0, 0.05) is 21.6 Å². The summed E-state index contributed by atoms with van der Waals surface area (Å²) in [6.45, 7) is 2.18. The Bertz CT molecular complexity index is 801. The Morgan fingerprint density at radius 1 is 1.35 bits per heavy atom. The van der Waals surface area contributed by atoms with Crippen molar-refractivity contribution >= 4 is 32.8 Å². The Kier molecular flexibility index (Phi) is 3.14. The van der Waals surface area contributed by atoms with E-state index in [9.17, 15) is 4.79 Å². The maximum Gasteiger partial charge on any atom is 0.339 e. The molecule has 0 saturated heterocycles. The summed E-state index contributed by atoms with van der Waals surface area (Å²) in [5, 5.41) is 10.2. The summed E-state index contributed by atoms with van der Waals surface area (Å²) in [6, 6.07) is 9.65. The van der Waals surface area contributed by atoms with Crippen LogP contribution in [0.25, 0.3) is 10.9 Å². The first-order valence-electron chi connectivity index (χ1n) is 6.11. The third kappa shape index (κ3) is 2.25. The van der Waals surface area contributed by atoms with E-state index in [2.05, 4.69) is 15.9 Å². The van der Waals surface area contributed by atoms with Gasteiger partial charge in [-0.05, 0) is 37.3 Å². The lowest BCUT2D eigenvalue weighted by Gasteiger charge is -2.03. The number of nitrogens with zero attached hydrogens (tertiary/aromatic N) is 1. The molecule has 102 valence electrons. The first-order valence-corrected chi connectivity index (χ1v) is 6.91. The maximum atomic E-state index is 11.0. The maximum absolute atomic E-state index is 11.0. The molecule has 1 N–H and O–H groups in total. The topological polar surface area (TPSA) is 55.4 Å². The monoisotopic (exact) mass is 333 g/mol. The van der Waals surface area contributed by atoms with Gasteiger partial charge in [-0.3, -0.25) is 0 Å². The number of benzene rings is 1. The number of carboxylic acid groups (broad SMARTS) is 1. The molecule has 0 atom stereocenters. The summed E-state index contributed by atoms with van der Waals surface area (Å²) in [4.78, 5) is 11.0. The zero-order valence-electron chi connectivity index (χ0n) is 10.8. The second-order valence-electron chi connectivity index (χ2n) is 4.63. The highest BCUT2D eigenvalue weighted by atomic mass is 79.9. The van der Waals surface area contributed by atoms with Crippen molar-refractivity contribution < 1.29 is 14.3 Å². The fourth-order valence-corrected chi connectivity index (χ4v) is 2.69. The van der Waals surface area contributed by atoms with Crippen LogP contribution in [0.1, 0.15) is 21.9 Å². The van der Waals surface area contributed by atoms with E-state index in [1.165, 1.54) is 0 Å². The number of fused-ring (bicyclic) bond motifs is 1. The summed E-state index contributed by atoms with van der Waals surface area (Å²) < 4.78 is 8.58. The van der Waals surface area contributed by atoms with Crippen LogP contribution in [0.2, 0.25) is 0 Å². The molecule has 20 heavy (non-hydrogen) atoms. The fraction of sp³-hybridized carbons (Fsp3) is 0.133. The lowest BCUT2D eigenvalue weighted by Crippen LogP contribution is -1.97. The average Bonchev–Trinajstić information content (AvgIpc) is 2.94. The molecule has 3 aromatic rings. The first kappa shape index (κ1) is 13.0. The third-order valence-corrected chi connectivity index (χ3v) is 3.75. The molecule has 4 nitrogen and oxygen atoms in total. The number of aryl methyl sites for hydroxylation is 1. The van der Waals surface area contributed by atoms with Crippen molar-refractivity contribution in [1.82, 2.24) is 4.57 Å². The highest BCUT2D eigenvalue weighted by molar-refractivity contribution is 9.10. The molecule has 3 rings (SSSR count). The van der Waals surface area contributed by atoms with Gasteiger partial charge >= 0.3 is 5.97 Å². The van der Waals surface area contributed by atoms with Crippen LogP contribution in [0.3, 0.4) is 0 Å². The Morgan fingerprint density at radius 3 is 2.85 bits per heavy atom. The van der Waals surface area contributed by atoms with Crippen LogP contribution in [-0.4, -0.2) is 15.6 Å². The number of aromatic nitrogens is 1. The highest BCUT2D eigenvalue weighted by Gasteiger charge is 2.14. The molecule has 0 amide bonds. The molecule has 0 aliphatic carbocycles. The number of rotatable bonds is 3. The molecule has 0 radical (unpaired) electrons. The minimum atomic E-state index is -0.959. The minimum Gasteiger partial charge on any atom is -0.478 e. The molecule has 0 aliphatic rings. The van der Waals surface area contributed by atoms with E-state index >= 15 is 0 Å². The van der Waals surface area contributed by atoms with Crippen LogP contribution in [0.15, 0.2) is 45.4 Å². The number of halogens is 1. The quantitative estimate of drug-likeness (QED) is 0.786. The van der Waals surface area contributed by atoms with Gasteiger partial charge in [0.05, 0.1) is 6.54 Å². The number of aromatic carboxylic acids is 1. The van der Waals surface area contributed by atoms with E-state index in [1.807, 2.05) is 35.0 Å². The zero-order chi connectivity index (χ0) is 14.3. The van der Waals surface area contributed by atoms with Gasteiger partial charge in [0.1, 0.15) is 17.1 Å². The third-order valence-electron chi connectivity index (χ3n) is 3.26. The van der Waals surface area contributed by atoms with E-state index < -0.39 is 5.97 Å². The van der Waals surface area contributed by atoms with Crippen molar-refractivity contribution in [3.8, 4) is 0 Å². The SMILES string of the molecule is Cc1oc(Cn2ccc3cc(Br)ccc32)cc1C(=O)O. The van der Waals surface area contributed by atoms with Crippen molar-refractivity contribution in [3.05, 3.63) is 58.1 Å². The van der Waals surface area contributed by atoms with Crippen LogP contribution in [0.4, 0.5) is 0 Å². The molecule has 2 heterocycles. The predicted octanol–water partition coefficient (Wildman–Crippen LogP) is 4.05. The number of carbonyl (C=O) groups is 1. The van der Waals surface area contributed by atoms with E-state index in [1.54, 1.807) is 13.0 Å². The lowest BCUT2D eigenvalue weighted by molar-refractivity contribution is 0.0695. The smallest absolute Gasteiger partial charge is 0.339 e. The van der Waals surface area contributed by atoms with E-state index in [0.717, 1.165) is 15.4 Å². The second-order valence-corrected chi connectivity index (χ2v) is 5.55. The Labute approximate surface area is 123 Å². The van der Waals surface area contributed by atoms with Gasteiger partial charge < -0.3 is 14.1 Å². The molecule has 1 aromatic carbocycles. The van der Waals surface area contributed by atoms with Crippen LogP contribution in [0.5, 0.6) is 0 Å². The molecular weight excluding hydrogens is 322 g/mol. The Hall–Kier alpha value is -2.01. The molecule has 0 spiro atoms. The van der Waals surface area contributed by atoms with Crippen molar-refractivity contribution in [2.45, 2.75) is 13.5 Å². The van der Waals surface area contributed by atoms with Gasteiger partial charge in [-0.1, -0.05) is 15.9 Å². The number of hydrogen-bond acceptors (Lipinski definition) is 2. The summed E-state index contributed by atoms with van der Waals surface area (Å²) in [6.07, 6.45) is 1.97. The van der Waals surface area contributed by atoms with Crippen LogP contribution in [0, 0.1) is 6.92 Å². The molecule has 0 aliphatic heterocycles. The van der Waals surface area contributed by atoms with Crippen molar-refractivity contribution in [3.63, 3.8) is 0 Å². The molecule has 2 aromatic heterocycles. The summed E-state index contributed by atoms with van der Waals surface area (Å²) in [5.41, 5.74) is 1.30. The fourth-order valence-electron chi connectivity index (χ4n) is 2.31. The second kappa shape index (κ2) is 4.83. The predicted molar refractivity (Wildman–Crippen MR) is 79.1 cm³/mol. The molecule has 0 unspecified atom stereocenters. The van der Waals surface area contributed by atoms with Crippen molar-refractivity contribution in [1.29, 1.82) is 0 Å². The van der Waals surface area contributed by atoms with Crippen LogP contribution < -0.4 is 0 Å². The summed E-state index contributed by atoms with van der Waals surface area (Å²) in [5.74, 6) is 0.116. The summed E-state index contributed by atoms with van der Waals surface area (Å²) in [7, 11) is 0. The molecule has 0 fully saturated rings. The molecular formula is C15H12BrNO3. The first-order chi connectivity index (χ1) is 9.54. The Balaban J connectivity index is 1.97. The standard InChI is InChI=1S/C15H12BrNO3/c1-9-13(15(18)19)7-12(20-9)8-17-5-4-10-6-11(16)2-3-14(10)17/h2-7H,8H2,1H3,(H,18,19). The van der Waals surface area contributed by atoms with Crippen molar-refractivity contribution in [2.75, 3.05) is 0 Å². The van der Waals surface area contributed by atoms with E-state index in [0.29, 0.717) is 18.1 Å². The van der Waals surface area contributed by atoms with E-state index in [4.69, 9.17) is 9.52 Å². The zero-order valence-corrected chi connectivity index (χ0v) is 12.3. The average molecular weight is 334 g/mol. The lowest BCUT2D eigenvalue weighted by atomic mass is 10.2. The van der Waals surface area contributed by atoms with Gasteiger partial charge in [-0.2, -0.15) is 0 Å². The van der Waals surface area contributed by atoms with Crippen LogP contribution >= 0.6 is 15.9 Å².